The SMILES string of the molecule is C=CCNc1nc(C)cn1CCOCCCC. The molecule has 0 bridgehead atoms. The molecule has 0 unspecified atom stereocenters. The first-order valence-corrected chi connectivity index (χ1v) is 6.24. The van der Waals surface area contributed by atoms with E-state index in [1.807, 2.05) is 19.2 Å². The summed E-state index contributed by atoms with van der Waals surface area (Å²) in [5.41, 5.74) is 1.02. The average molecular weight is 237 g/mol. The number of hydrogen-bond acceptors (Lipinski definition) is 3. The lowest BCUT2D eigenvalue weighted by Gasteiger charge is -2.08. The molecule has 0 aliphatic carbocycles. The molecule has 4 nitrogen and oxygen atoms in total. The van der Waals surface area contributed by atoms with E-state index in [0.29, 0.717) is 0 Å². The van der Waals surface area contributed by atoms with Crippen LogP contribution in [0.25, 0.3) is 0 Å². The summed E-state index contributed by atoms with van der Waals surface area (Å²) < 4.78 is 7.64. The van der Waals surface area contributed by atoms with Gasteiger partial charge in [-0.15, -0.1) is 6.58 Å². The fourth-order valence-electron chi connectivity index (χ4n) is 1.53. The van der Waals surface area contributed by atoms with Gasteiger partial charge in [0.05, 0.1) is 12.3 Å². The van der Waals surface area contributed by atoms with Gasteiger partial charge in [0.25, 0.3) is 0 Å². The van der Waals surface area contributed by atoms with Crippen LogP contribution in [0.3, 0.4) is 0 Å². The van der Waals surface area contributed by atoms with Gasteiger partial charge in [0.1, 0.15) is 0 Å². The maximum atomic E-state index is 5.55. The van der Waals surface area contributed by atoms with Crippen molar-refractivity contribution in [2.45, 2.75) is 33.2 Å². The lowest BCUT2D eigenvalue weighted by atomic mass is 10.4. The number of hydrogen-bond donors (Lipinski definition) is 1. The van der Waals surface area contributed by atoms with Crippen LogP contribution < -0.4 is 5.32 Å². The van der Waals surface area contributed by atoms with Crippen molar-refractivity contribution >= 4 is 5.95 Å². The average Bonchev–Trinajstić information content (AvgIpc) is 2.67. The van der Waals surface area contributed by atoms with Crippen molar-refractivity contribution in [3.63, 3.8) is 0 Å². The molecule has 0 aliphatic rings. The minimum Gasteiger partial charge on any atom is -0.380 e. The van der Waals surface area contributed by atoms with Gasteiger partial charge < -0.3 is 14.6 Å². The highest BCUT2D eigenvalue weighted by Gasteiger charge is 2.03. The molecule has 1 N–H and O–H groups in total. The Labute approximate surface area is 104 Å². The van der Waals surface area contributed by atoms with Crippen molar-refractivity contribution in [3.8, 4) is 0 Å². The third kappa shape index (κ3) is 5.04. The van der Waals surface area contributed by atoms with Crippen molar-refractivity contribution in [2.75, 3.05) is 25.1 Å². The van der Waals surface area contributed by atoms with Crippen LogP contribution in [-0.4, -0.2) is 29.3 Å². The molecule has 4 heteroatoms. The first-order chi connectivity index (χ1) is 8.27. The molecule has 1 aromatic rings. The lowest BCUT2D eigenvalue weighted by Crippen LogP contribution is -2.11. The molecule has 0 amide bonds. The van der Waals surface area contributed by atoms with Gasteiger partial charge in [0.2, 0.25) is 5.95 Å². The highest BCUT2D eigenvalue weighted by atomic mass is 16.5. The van der Waals surface area contributed by atoms with Crippen LogP contribution >= 0.6 is 0 Å². The summed E-state index contributed by atoms with van der Waals surface area (Å²) in [5, 5.41) is 3.21. The molecule has 1 rings (SSSR count). The maximum Gasteiger partial charge on any atom is 0.203 e. The van der Waals surface area contributed by atoms with E-state index < -0.39 is 0 Å². The first-order valence-electron chi connectivity index (χ1n) is 6.24. The third-order valence-corrected chi connectivity index (χ3v) is 2.42. The Morgan fingerprint density at radius 2 is 2.35 bits per heavy atom. The third-order valence-electron chi connectivity index (χ3n) is 2.42. The number of imidazole rings is 1. The fourth-order valence-corrected chi connectivity index (χ4v) is 1.53. The van der Waals surface area contributed by atoms with E-state index >= 15 is 0 Å². The number of nitrogens with one attached hydrogen (secondary N) is 1. The van der Waals surface area contributed by atoms with E-state index in [9.17, 15) is 0 Å². The molecule has 96 valence electrons. The summed E-state index contributed by atoms with van der Waals surface area (Å²) >= 11 is 0. The fraction of sp³-hybridized carbons (Fsp3) is 0.615. The molecule has 1 aromatic heterocycles. The van der Waals surface area contributed by atoms with Crippen molar-refractivity contribution in [3.05, 3.63) is 24.5 Å². The van der Waals surface area contributed by atoms with E-state index in [-0.39, 0.29) is 0 Å². The molecule has 0 aromatic carbocycles. The van der Waals surface area contributed by atoms with E-state index in [1.54, 1.807) is 0 Å². The Bertz CT molecular complexity index is 333. The van der Waals surface area contributed by atoms with Crippen molar-refractivity contribution < 1.29 is 4.74 Å². The number of aryl methyl sites for hydroxylation is 1. The van der Waals surface area contributed by atoms with Crippen molar-refractivity contribution in [2.24, 2.45) is 0 Å². The summed E-state index contributed by atoms with van der Waals surface area (Å²) in [6.07, 6.45) is 6.17. The second kappa shape index (κ2) is 7.90. The summed E-state index contributed by atoms with van der Waals surface area (Å²) in [4.78, 5) is 4.41. The Morgan fingerprint density at radius 1 is 1.53 bits per heavy atom. The molecule has 0 fully saturated rings. The zero-order valence-corrected chi connectivity index (χ0v) is 10.9. The van der Waals surface area contributed by atoms with E-state index in [1.165, 1.54) is 6.42 Å². The minimum absolute atomic E-state index is 0.729. The lowest BCUT2D eigenvalue weighted by molar-refractivity contribution is 0.124. The maximum absolute atomic E-state index is 5.55. The van der Waals surface area contributed by atoms with Gasteiger partial charge >= 0.3 is 0 Å². The first kappa shape index (κ1) is 13.8. The predicted octanol–water partition coefficient (Wildman–Crippen LogP) is 2.61. The highest BCUT2D eigenvalue weighted by Crippen LogP contribution is 2.08. The van der Waals surface area contributed by atoms with Gasteiger partial charge in [-0.25, -0.2) is 4.98 Å². The Hall–Kier alpha value is -1.29. The van der Waals surface area contributed by atoms with Crippen LogP contribution in [0.4, 0.5) is 5.95 Å². The van der Waals surface area contributed by atoms with Crippen LogP contribution in [0, 0.1) is 6.92 Å². The smallest absolute Gasteiger partial charge is 0.203 e. The van der Waals surface area contributed by atoms with Gasteiger partial charge in [-0.3, -0.25) is 0 Å². The zero-order valence-electron chi connectivity index (χ0n) is 10.9. The van der Waals surface area contributed by atoms with Gasteiger partial charge in [-0.1, -0.05) is 19.4 Å². The molecule has 0 saturated carbocycles. The molecular weight excluding hydrogens is 214 g/mol. The standard InChI is InChI=1S/C13H23N3O/c1-4-6-9-17-10-8-16-11-12(3)15-13(16)14-7-5-2/h5,11H,2,4,6-10H2,1,3H3,(H,14,15). The van der Waals surface area contributed by atoms with Crippen LogP contribution in [0.5, 0.6) is 0 Å². The summed E-state index contributed by atoms with van der Waals surface area (Å²) in [5.74, 6) is 0.890. The molecule has 1 heterocycles. The van der Waals surface area contributed by atoms with E-state index in [4.69, 9.17) is 4.74 Å². The Balaban J connectivity index is 2.37. The molecule has 17 heavy (non-hydrogen) atoms. The normalized spacial score (nSPS) is 10.5. The van der Waals surface area contributed by atoms with Gasteiger partial charge in [0.15, 0.2) is 0 Å². The van der Waals surface area contributed by atoms with Gasteiger partial charge in [-0.05, 0) is 13.3 Å². The highest BCUT2D eigenvalue weighted by molar-refractivity contribution is 5.29. The topological polar surface area (TPSA) is 39.1 Å². The van der Waals surface area contributed by atoms with E-state index in [2.05, 4.69) is 28.4 Å². The Morgan fingerprint density at radius 3 is 3.06 bits per heavy atom. The quantitative estimate of drug-likeness (QED) is 0.530. The van der Waals surface area contributed by atoms with Crippen LogP contribution in [0.15, 0.2) is 18.9 Å². The monoisotopic (exact) mass is 237 g/mol. The van der Waals surface area contributed by atoms with E-state index in [0.717, 1.165) is 44.4 Å². The number of aromatic nitrogens is 2. The molecule has 0 spiro atoms. The summed E-state index contributed by atoms with van der Waals surface area (Å²) in [7, 11) is 0. The van der Waals surface area contributed by atoms with Crippen LogP contribution in [-0.2, 0) is 11.3 Å². The van der Waals surface area contributed by atoms with Crippen molar-refractivity contribution in [1.29, 1.82) is 0 Å². The summed E-state index contributed by atoms with van der Waals surface area (Å²) in [6, 6.07) is 0. The predicted molar refractivity (Wildman–Crippen MR) is 71.4 cm³/mol. The molecule has 0 radical (unpaired) electrons. The Kier molecular flexibility index (Phi) is 6.40. The number of ether oxygens (including phenoxy) is 1. The second-order valence-electron chi connectivity index (χ2n) is 4.03. The number of anilines is 1. The second-order valence-corrected chi connectivity index (χ2v) is 4.03. The number of rotatable bonds is 9. The largest absolute Gasteiger partial charge is 0.380 e. The molecular formula is C13H23N3O. The number of nitrogens with zero attached hydrogens (tertiary/aromatic N) is 2. The van der Waals surface area contributed by atoms with Crippen LogP contribution in [0.1, 0.15) is 25.5 Å². The van der Waals surface area contributed by atoms with Crippen LogP contribution in [0.2, 0.25) is 0 Å². The van der Waals surface area contributed by atoms with Crippen molar-refractivity contribution in [1.82, 2.24) is 9.55 Å². The van der Waals surface area contributed by atoms with Gasteiger partial charge in [0, 0.05) is 25.9 Å². The zero-order chi connectivity index (χ0) is 12.5. The molecule has 0 atom stereocenters. The molecule has 0 saturated heterocycles. The van der Waals surface area contributed by atoms with Gasteiger partial charge in [-0.2, -0.15) is 0 Å². The summed E-state index contributed by atoms with van der Waals surface area (Å²) in [6.45, 7) is 11.0. The number of unbranched alkanes of at least 4 members (excludes halogenated alkanes) is 1. The minimum atomic E-state index is 0.729. The molecule has 0 aliphatic heterocycles.